The number of hydrogen-bond acceptors (Lipinski definition) is 7. The fourth-order valence-corrected chi connectivity index (χ4v) is 3.46. The minimum absolute atomic E-state index is 0.0144. The molecule has 8 nitrogen and oxygen atoms in total. The van der Waals surface area contributed by atoms with E-state index in [4.69, 9.17) is 14.6 Å². The number of amides is 1. The summed E-state index contributed by atoms with van der Waals surface area (Å²) in [6.45, 7) is -0.425. The molecule has 0 aromatic heterocycles. The topological polar surface area (TPSA) is 122 Å². The van der Waals surface area contributed by atoms with Gasteiger partial charge in [0.1, 0.15) is 30.8 Å². The van der Waals surface area contributed by atoms with Crippen LogP contribution in [0.4, 0.5) is 0 Å². The molecule has 0 aliphatic heterocycles. The smallest absolute Gasteiger partial charge is 0.252 e. The number of Topliss-reactive ketones (excluding diaryl/α,β-unsaturated/α-hetero) is 2. The zero-order chi connectivity index (χ0) is 25.8. The number of carbonyl (C=O) groups excluding carboxylic acids is 3. The molecule has 0 radical (unpaired) electrons. The molecule has 0 aliphatic rings. The van der Waals surface area contributed by atoms with Crippen molar-refractivity contribution in [3.8, 4) is 22.6 Å². The molecule has 0 saturated heterocycles. The van der Waals surface area contributed by atoms with Crippen LogP contribution in [0.25, 0.3) is 11.1 Å². The van der Waals surface area contributed by atoms with Crippen LogP contribution < -0.4 is 14.8 Å². The molecule has 3 aromatic rings. The van der Waals surface area contributed by atoms with Gasteiger partial charge in [-0.25, -0.2) is 0 Å². The van der Waals surface area contributed by atoms with E-state index in [1.165, 1.54) is 0 Å². The number of rotatable bonds is 14. The van der Waals surface area contributed by atoms with Gasteiger partial charge in [-0.3, -0.25) is 14.4 Å². The van der Waals surface area contributed by atoms with Crippen LogP contribution in [-0.4, -0.2) is 60.2 Å². The average molecular weight is 492 g/mol. The van der Waals surface area contributed by atoms with E-state index >= 15 is 0 Å². The highest BCUT2D eigenvalue weighted by Crippen LogP contribution is 2.23. The first kappa shape index (κ1) is 26.6. The van der Waals surface area contributed by atoms with Gasteiger partial charge < -0.3 is 25.0 Å². The number of hydrogen-bond donors (Lipinski definition) is 3. The van der Waals surface area contributed by atoms with Gasteiger partial charge in [0, 0.05) is 12.0 Å². The molecule has 0 heterocycles. The third-order valence-corrected chi connectivity index (χ3v) is 5.35. The van der Waals surface area contributed by atoms with E-state index in [9.17, 15) is 19.5 Å². The van der Waals surface area contributed by atoms with Gasteiger partial charge in [-0.15, -0.1) is 0 Å². The molecule has 3 rings (SSSR count). The quantitative estimate of drug-likeness (QED) is 0.234. The Morgan fingerprint density at radius 1 is 0.722 bits per heavy atom. The van der Waals surface area contributed by atoms with Crippen molar-refractivity contribution >= 4 is 17.5 Å². The number of aliphatic hydroxyl groups excluding tert-OH is 2. The summed E-state index contributed by atoms with van der Waals surface area (Å²) < 4.78 is 10.9. The molecule has 3 N–H and O–H groups in total. The van der Waals surface area contributed by atoms with Gasteiger partial charge in [-0.2, -0.15) is 0 Å². The average Bonchev–Trinajstić information content (AvgIpc) is 2.93. The lowest BCUT2D eigenvalue weighted by molar-refractivity contribution is -0.131. The van der Waals surface area contributed by atoms with Gasteiger partial charge in [0.2, 0.25) is 0 Å². The van der Waals surface area contributed by atoms with Crippen LogP contribution in [0.3, 0.4) is 0 Å². The second-order valence-corrected chi connectivity index (χ2v) is 7.94. The minimum atomic E-state index is -1.43. The minimum Gasteiger partial charge on any atom is -0.494 e. The number of ether oxygens (including phenoxy) is 2. The summed E-state index contributed by atoms with van der Waals surface area (Å²) in [4.78, 5) is 37.5. The second-order valence-electron chi connectivity index (χ2n) is 7.94. The highest BCUT2D eigenvalue weighted by atomic mass is 16.5. The van der Waals surface area contributed by atoms with Crippen molar-refractivity contribution in [3.63, 3.8) is 0 Å². The molecule has 0 fully saturated rings. The standard InChI is InChI=1S/C28H29NO7/c30-16-18-36-24-14-12-21(13-15-24)20-8-10-22(11-9-20)28(34)29-27(26(33)19-31)25(32)7-4-17-35-23-5-2-1-3-6-23/h1-3,5-6,8-15,27,30-31H,4,7,16-19H2,(H,29,34). The summed E-state index contributed by atoms with van der Waals surface area (Å²) in [5.74, 6) is -0.526. The van der Waals surface area contributed by atoms with E-state index in [0.717, 1.165) is 11.1 Å². The summed E-state index contributed by atoms with van der Waals surface area (Å²) in [5, 5.41) is 20.6. The first-order valence-electron chi connectivity index (χ1n) is 11.6. The SMILES string of the molecule is O=C(NC(C(=O)CO)C(=O)CCCOc1ccccc1)c1ccc(-c2ccc(OCCO)cc2)cc1. The van der Waals surface area contributed by atoms with Crippen molar-refractivity contribution in [3.05, 3.63) is 84.4 Å². The van der Waals surface area contributed by atoms with Crippen LogP contribution in [0.2, 0.25) is 0 Å². The van der Waals surface area contributed by atoms with E-state index in [1.54, 1.807) is 48.5 Å². The van der Waals surface area contributed by atoms with Crippen molar-refractivity contribution in [2.24, 2.45) is 0 Å². The van der Waals surface area contributed by atoms with Crippen LogP contribution in [-0.2, 0) is 9.59 Å². The van der Waals surface area contributed by atoms with Crippen molar-refractivity contribution in [1.29, 1.82) is 0 Å². The van der Waals surface area contributed by atoms with Crippen LogP contribution in [0.1, 0.15) is 23.2 Å². The third-order valence-electron chi connectivity index (χ3n) is 5.35. The summed E-state index contributed by atoms with van der Waals surface area (Å²) >= 11 is 0. The lowest BCUT2D eigenvalue weighted by Gasteiger charge is -2.16. The summed E-state index contributed by atoms with van der Waals surface area (Å²) in [6, 6.07) is 21.7. The van der Waals surface area contributed by atoms with Crippen LogP contribution >= 0.6 is 0 Å². The number of benzene rings is 3. The van der Waals surface area contributed by atoms with E-state index in [0.29, 0.717) is 17.9 Å². The Hall–Kier alpha value is -4.01. The fraction of sp³-hybridized carbons (Fsp3) is 0.250. The lowest BCUT2D eigenvalue weighted by atomic mass is 10.0. The van der Waals surface area contributed by atoms with E-state index in [2.05, 4.69) is 5.32 Å². The van der Waals surface area contributed by atoms with Gasteiger partial charge in [0.25, 0.3) is 5.91 Å². The van der Waals surface area contributed by atoms with E-state index in [1.807, 2.05) is 30.3 Å². The number of aliphatic hydroxyl groups is 2. The lowest BCUT2D eigenvalue weighted by Crippen LogP contribution is -2.47. The largest absolute Gasteiger partial charge is 0.494 e. The number of ketones is 2. The Morgan fingerprint density at radius 2 is 1.31 bits per heavy atom. The monoisotopic (exact) mass is 491 g/mol. The maximum Gasteiger partial charge on any atom is 0.252 e. The maximum absolute atomic E-state index is 12.7. The van der Waals surface area contributed by atoms with Gasteiger partial charge >= 0.3 is 0 Å². The van der Waals surface area contributed by atoms with Crippen molar-refractivity contribution < 1.29 is 34.1 Å². The van der Waals surface area contributed by atoms with E-state index < -0.39 is 30.1 Å². The Morgan fingerprint density at radius 3 is 1.92 bits per heavy atom. The zero-order valence-electron chi connectivity index (χ0n) is 19.8. The Labute approximate surface area is 209 Å². The molecule has 1 unspecified atom stereocenters. The van der Waals surface area contributed by atoms with Crippen LogP contribution in [0.15, 0.2) is 78.9 Å². The molecule has 8 heteroatoms. The number of nitrogens with one attached hydrogen (secondary N) is 1. The normalized spacial score (nSPS) is 11.4. The molecule has 1 amide bonds. The number of carbonyl (C=O) groups is 3. The Balaban J connectivity index is 1.57. The zero-order valence-corrected chi connectivity index (χ0v) is 19.8. The molecule has 0 saturated carbocycles. The Bertz CT molecular complexity index is 1130. The van der Waals surface area contributed by atoms with Crippen molar-refractivity contribution in [2.75, 3.05) is 26.4 Å². The van der Waals surface area contributed by atoms with Gasteiger partial charge in [0.05, 0.1) is 13.2 Å². The van der Waals surface area contributed by atoms with Crippen molar-refractivity contribution in [2.45, 2.75) is 18.9 Å². The van der Waals surface area contributed by atoms with Gasteiger partial charge in [-0.1, -0.05) is 42.5 Å². The Kier molecular flexibility index (Phi) is 10.2. The summed E-state index contributed by atoms with van der Waals surface area (Å²) in [7, 11) is 0. The summed E-state index contributed by atoms with van der Waals surface area (Å²) in [6.07, 6.45) is 0.373. The first-order valence-corrected chi connectivity index (χ1v) is 11.6. The molecular weight excluding hydrogens is 462 g/mol. The fourth-order valence-electron chi connectivity index (χ4n) is 3.46. The molecule has 1 atom stereocenters. The van der Waals surface area contributed by atoms with Gasteiger partial charge in [0.15, 0.2) is 11.6 Å². The maximum atomic E-state index is 12.7. The molecule has 36 heavy (non-hydrogen) atoms. The molecule has 3 aromatic carbocycles. The molecule has 0 spiro atoms. The summed E-state index contributed by atoms with van der Waals surface area (Å²) in [5.41, 5.74) is 2.04. The highest BCUT2D eigenvalue weighted by molar-refractivity contribution is 6.10. The molecular formula is C28H29NO7. The van der Waals surface area contributed by atoms with Crippen LogP contribution in [0.5, 0.6) is 11.5 Å². The van der Waals surface area contributed by atoms with E-state index in [-0.39, 0.29) is 31.8 Å². The highest BCUT2D eigenvalue weighted by Gasteiger charge is 2.27. The predicted octanol–water partition coefficient (Wildman–Crippen LogP) is 2.81. The predicted molar refractivity (Wildman–Crippen MR) is 134 cm³/mol. The third kappa shape index (κ3) is 7.76. The molecule has 0 bridgehead atoms. The van der Waals surface area contributed by atoms with Crippen LogP contribution in [0, 0.1) is 0 Å². The number of para-hydroxylation sites is 1. The molecule has 0 aliphatic carbocycles. The van der Waals surface area contributed by atoms with Crippen molar-refractivity contribution in [1.82, 2.24) is 5.32 Å². The first-order chi connectivity index (χ1) is 17.5. The molecule has 188 valence electrons. The van der Waals surface area contributed by atoms with Gasteiger partial charge in [-0.05, 0) is 53.9 Å². The second kappa shape index (κ2) is 13.8.